The lowest BCUT2D eigenvalue weighted by molar-refractivity contribution is -0.137. The quantitative estimate of drug-likeness (QED) is 0.482. The molecule has 0 heterocycles. The van der Waals surface area contributed by atoms with Crippen molar-refractivity contribution in [3.63, 3.8) is 0 Å². The Morgan fingerprint density at radius 2 is 1.55 bits per heavy atom. The number of hydrogen-bond acceptors (Lipinski definition) is 3. The standard InChI is InChI=1S/C15H27N3O4/c19-13(16-10-5-9-14(20)21)8-4-11-17-15(22)18-12-6-2-1-3-7-12/h12H,1-11H2,(H,16,19)(H,20,21)(H2,17,18,22). The van der Waals surface area contributed by atoms with Gasteiger partial charge >= 0.3 is 12.0 Å². The maximum absolute atomic E-state index is 11.7. The number of hydrogen-bond donors (Lipinski definition) is 4. The SMILES string of the molecule is O=C(O)CCCNC(=O)CCCNC(=O)NC1CCCCC1. The Kier molecular flexibility index (Phi) is 9.02. The highest BCUT2D eigenvalue weighted by molar-refractivity contribution is 5.76. The van der Waals surface area contributed by atoms with Crippen molar-refractivity contribution in [2.75, 3.05) is 13.1 Å². The molecular weight excluding hydrogens is 286 g/mol. The van der Waals surface area contributed by atoms with Crippen molar-refractivity contribution >= 4 is 17.9 Å². The summed E-state index contributed by atoms with van der Waals surface area (Å²) >= 11 is 0. The average molecular weight is 313 g/mol. The number of carbonyl (C=O) groups excluding carboxylic acids is 2. The molecule has 1 saturated carbocycles. The zero-order chi connectivity index (χ0) is 16.2. The van der Waals surface area contributed by atoms with E-state index >= 15 is 0 Å². The van der Waals surface area contributed by atoms with E-state index in [9.17, 15) is 14.4 Å². The number of rotatable bonds is 9. The minimum atomic E-state index is -0.859. The van der Waals surface area contributed by atoms with E-state index in [-0.39, 0.29) is 24.4 Å². The number of nitrogens with one attached hydrogen (secondary N) is 3. The van der Waals surface area contributed by atoms with Crippen LogP contribution in [0.15, 0.2) is 0 Å². The van der Waals surface area contributed by atoms with E-state index in [2.05, 4.69) is 16.0 Å². The maximum atomic E-state index is 11.7. The van der Waals surface area contributed by atoms with Crippen LogP contribution < -0.4 is 16.0 Å². The minimum absolute atomic E-state index is 0.0587. The third-order valence-electron chi connectivity index (χ3n) is 3.70. The second kappa shape index (κ2) is 10.9. The van der Waals surface area contributed by atoms with E-state index in [0.717, 1.165) is 12.8 Å². The second-order valence-corrected chi connectivity index (χ2v) is 5.69. The van der Waals surface area contributed by atoms with Crippen molar-refractivity contribution < 1.29 is 19.5 Å². The molecule has 0 unspecified atom stereocenters. The molecule has 3 amide bonds. The van der Waals surface area contributed by atoms with Gasteiger partial charge in [0.15, 0.2) is 0 Å². The Morgan fingerprint density at radius 1 is 0.909 bits per heavy atom. The van der Waals surface area contributed by atoms with Crippen LogP contribution in [-0.2, 0) is 9.59 Å². The van der Waals surface area contributed by atoms with Crippen LogP contribution in [0.25, 0.3) is 0 Å². The molecule has 0 aliphatic heterocycles. The molecule has 1 fully saturated rings. The normalized spacial score (nSPS) is 15.1. The van der Waals surface area contributed by atoms with Crippen molar-refractivity contribution in [3.8, 4) is 0 Å². The summed E-state index contributed by atoms with van der Waals surface area (Å²) in [6.07, 6.45) is 7.09. The number of carbonyl (C=O) groups is 3. The zero-order valence-corrected chi connectivity index (χ0v) is 13.0. The van der Waals surface area contributed by atoms with Crippen molar-refractivity contribution in [1.82, 2.24) is 16.0 Å². The molecule has 0 aromatic carbocycles. The Labute approximate surface area is 131 Å². The molecule has 0 radical (unpaired) electrons. The molecule has 0 spiro atoms. The predicted octanol–water partition coefficient (Wildman–Crippen LogP) is 1.38. The topological polar surface area (TPSA) is 108 Å². The largest absolute Gasteiger partial charge is 0.481 e. The van der Waals surface area contributed by atoms with Gasteiger partial charge in [-0.2, -0.15) is 0 Å². The van der Waals surface area contributed by atoms with Crippen LogP contribution >= 0.6 is 0 Å². The summed E-state index contributed by atoms with van der Waals surface area (Å²) in [5.74, 6) is -0.970. The van der Waals surface area contributed by atoms with Gasteiger partial charge in [0.25, 0.3) is 0 Å². The fourth-order valence-corrected chi connectivity index (χ4v) is 2.49. The first-order valence-electron chi connectivity index (χ1n) is 8.11. The van der Waals surface area contributed by atoms with Crippen LogP contribution in [-0.4, -0.2) is 42.1 Å². The van der Waals surface area contributed by atoms with Crippen LogP contribution in [0.2, 0.25) is 0 Å². The summed E-state index contributed by atoms with van der Waals surface area (Å²) in [5.41, 5.74) is 0. The van der Waals surface area contributed by atoms with Crippen LogP contribution in [0.1, 0.15) is 57.8 Å². The average Bonchev–Trinajstić information content (AvgIpc) is 2.49. The Balaban J connectivity index is 1.96. The van der Waals surface area contributed by atoms with E-state index in [4.69, 9.17) is 5.11 Å². The number of aliphatic carboxylic acids is 1. The van der Waals surface area contributed by atoms with Gasteiger partial charge in [-0.1, -0.05) is 19.3 Å². The highest BCUT2D eigenvalue weighted by atomic mass is 16.4. The van der Waals surface area contributed by atoms with Gasteiger partial charge < -0.3 is 21.1 Å². The number of carboxylic acid groups (broad SMARTS) is 1. The maximum Gasteiger partial charge on any atom is 0.315 e. The molecule has 22 heavy (non-hydrogen) atoms. The van der Waals surface area contributed by atoms with Crippen molar-refractivity contribution in [3.05, 3.63) is 0 Å². The molecule has 0 aromatic rings. The molecule has 1 aliphatic rings. The molecule has 0 saturated heterocycles. The smallest absolute Gasteiger partial charge is 0.315 e. The summed E-state index contributed by atoms with van der Waals surface area (Å²) in [6, 6.07) is 0.125. The number of urea groups is 1. The summed E-state index contributed by atoms with van der Waals surface area (Å²) in [4.78, 5) is 33.4. The molecule has 4 N–H and O–H groups in total. The van der Waals surface area contributed by atoms with E-state index in [1.165, 1.54) is 19.3 Å². The molecular formula is C15H27N3O4. The molecule has 1 rings (SSSR count). The Hall–Kier alpha value is -1.79. The Bertz CT molecular complexity index is 368. The van der Waals surface area contributed by atoms with E-state index in [1.807, 2.05) is 0 Å². The van der Waals surface area contributed by atoms with Gasteiger partial charge in [-0.05, 0) is 25.7 Å². The highest BCUT2D eigenvalue weighted by Gasteiger charge is 2.15. The first-order valence-corrected chi connectivity index (χ1v) is 8.11. The van der Waals surface area contributed by atoms with E-state index in [1.54, 1.807) is 0 Å². The molecule has 0 bridgehead atoms. The molecule has 0 aromatic heterocycles. The zero-order valence-electron chi connectivity index (χ0n) is 13.0. The lowest BCUT2D eigenvalue weighted by atomic mass is 9.96. The number of carboxylic acids is 1. The van der Waals surface area contributed by atoms with Gasteiger partial charge in [-0.3, -0.25) is 9.59 Å². The van der Waals surface area contributed by atoms with Crippen molar-refractivity contribution in [2.45, 2.75) is 63.8 Å². The van der Waals surface area contributed by atoms with Crippen LogP contribution in [0.5, 0.6) is 0 Å². The van der Waals surface area contributed by atoms with Gasteiger partial charge in [0, 0.05) is 32.0 Å². The number of amides is 3. The molecule has 126 valence electrons. The van der Waals surface area contributed by atoms with E-state index < -0.39 is 5.97 Å². The minimum Gasteiger partial charge on any atom is -0.481 e. The Morgan fingerprint density at radius 3 is 2.23 bits per heavy atom. The van der Waals surface area contributed by atoms with E-state index in [0.29, 0.717) is 32.4 Å². The monoisotopic (exact) mass is 313 g/mol. The first-order chi connectivity index (χ1) is 10.6. The van der Waals surface area contributed by atoms with Crippen LogP contribution in [0.3, 0.4) is 0 Å². The first kappa shape index (κ1) is 18.3. The lowest BCUT2D eigenvalue weighted by Gasteiger charge is -2.22. The molecule has 7 nitrogen and oxygen atoms in total. The molecule has 0 atom stereocenters. The van der Waals surface area contributed by atoms with Gasteiger partial charge in [0.2, 0.25) is 5.91 Å². The molecule has 7 heteroatoms. The van der Waals surface area contributed by atoms with Crippen LogP contribution in [0.4, 0.5) is 4.79 Å². The van der Waals surface area contributed by atoms with Crippen molar-refractivity contribution in [2.24, 2.45) is 0 Å². The fraction of sp³-hybridized carbons (Fsp3) is 0.800. The van der Waals surface area contributed by atoms with Crippen LogP contribution in [0, 0.1) is 0 Å². The van der Waals surface area contributed by atoms with Gasteiger partial charge in [0.05, 0.1) is 0 Å². The fourth-order valence-electron chi connectivity index (χ4n) is 2.49. The summed E-state index contributed by atoms with van der Waals surface area (Å²) in [6.45, 7) is 0.835. The van der Waals surface area contributed by atoms with Gasteiger partial charge in [-0.25, -0.2) is 4.79 Å². The van der Waals surface area contributed by atoms with Gasteiger partial charge in [-0.15, -0.1) is 0 Å². The van der Waals surface area contributed by atoms with Gasteiger partial charge in [0.1, 0.15) is 0 Å². The molecule has 1 aliphatic carbocycles. The van der Waals surface area contributed by atoms with Crippen molar-refractivity contribution in [1.29, 1.82) is 0 Å². The highest BCUT2D eigenvalue weighted by Crippen LogP contribution is 2.17. The summed E-state index contributed by atoms with van der Waals surface area (Å²) in [5, 5.41) is 16.8. The summed E-state index contributed by atoms with van der Waals surface area (Å²) < 4.78 is 0. The third kappa shape index (κ3) is 9.20. The second-order valence-electron chi connectivity index (χ2n) is 5.69. The summed E-state index contributed by atoms with van der Waals surface area (Å²) in [7, 11) is 0. The lowest BCUT2D eigenvalue weighted by Crippen LogP contribution is -2.43. The predicted molar refractivity (Wildman–Crippen MR) is 82.5 cm³/mol. The third-order valence-corrected chi connectivity index (χ3v) is 3.70.